The summed E-state index contributed by atoms with van der Waals surface area (Å²) >= 11 is 1.36. The van der Waals surface area contributed by atoms with Crippen LogP contribution in [0.3, 0.4) is 0 Å². The van der Waals surface area contributed by atoms with Crippen LogP contribution in [0.2, 0.25) is 0 Å². The number of aromatic nitrogens is 2. The minimum Gasteiger partial charge on any atom is -0.353 e. The fourth-order valence-corrected chi connectivity index (χ4v) is 2.56. The van der Waals surface area contributed by atoms with Crippen molar-refractivity contribution >= 4 is 17.4 Å². The number of rotatable bonds is 4. The van der Waals surface area contributed by atoms with Gasteiger partial charge < -0.3 is 5.32 Å². The zero-order chi connectivity index (χ0) is 12.3. The van der Waals surface area contributed by atoms with E-state index < -0.39 is 0 Å². The molecule has 0 radical (unpaired) electrons. The van der Waals surface area contributed by atoms with Crippen LogP contribution in [0.15, 0.2) is 5.38 Å². The third-order valence-corrected chi connectivity index (χ3v) is 3.46. The largest absolute Gasteiger partial charge is 0.353 e. The molecule has 0 saturated carbocycles. The van der Waals surface area contributed by atoms with E-state index >= 15 is 0 Å². The second kappa shape index (κ2) is 5.55. The third-order valence-electron chi connectivity index (χ3n) is 2.91. The number of nitrogens with one attached hydrogen (secondary N) is 1. The molecule has 2 rings (SSSR count). The molecule has 17 heavy (non-hydrogen) atoms. The zero-order valence-electron chi connectivity index (χ0n) is 10.2. The molecule has 0 aromatic carbocycles. The molecule has 1 unspecified atom stereocenters. The second-order valence-electron chi connectivity index (χ2n) is 4.80. The Bertz CT molecular complexity index is 366. The van der Waals surface area contributed by atoms with Crippen molar-refractivity contribution in [2.75, 3.05) is 13.1 Å². The van der Waals surface area contributed by atoms with Crippen LogP contribution in [0.4, 0.5) is 0 Å². The Morgan fingerprint density at radius 3 is 3.12 bits per heavy atom. The van der Waals surface area contributed by atoms with Crippen molar-refractivity contribution in [1.29, 1.82) is 0 Å². The van der Waals surface area contributed by atoms with Gasteiger partial charge in [0.1, 0.15) is 0 Å². The molecule has 1 aromatic heterocycles. The van der Waals surface area contributed by atoms with Crippen LogP contribution in [0.25, 0.3) is 0 Å². The lowest BCUT2D eigenvalue weighted by molar-refractivity contribution is -0.130. The van der Waals surface area contributed by atoms with Crippen LogP contribution in [-0.4, -0.2) is 39.5 Å². The molecule has 1 fully saturated rings. The highest BCUT2D eigenvalue weighted by molar-refractivity contribution is 7.03. The number of nitrogens with zero attached hydrogens (tertiary/aromatic N) is 3. The van der Waals surface area contributed by atoms with Gasteiger partial charge in [0, 0.05) is 25.0 Å². The molecule has 1 aromatic rings. The van der Waals surface area contributed by atoms with Crippen LogP contribution in [0.1, 0.15) is 26.0 Å². The maximum Gasteiger partial charge on any atom is 0.237 e. The van der Waals surface area contributed by atoms with E-state index in [1.165, 1.54) is 11.5 Å². The van der Waals surface area contributed by atoms with E-state index in [9.17, 15) is 4.79 Å². The maximum atomic E-state index is 11.9. The van der Waals surface area contributed by atoms with Crippen molar-refractivity contribution in [3.8, 4) is 0 Å². The summed E-state index contributed by atoms with van der Waals surface area (Å²) in [4.78, 5) is 14.1. The van der Waals surface area contributed by atoms with Crippen molar-refractivity contribution in [1.82, 2.24) is 19.8 Å². The van der Waals surface area contributed by atoms with Crippen molar-refractivity contribution in [3.63, 3.8) is 0 Å². The fourth-order valence-electron chi connectivity index (χ4n) is 2.12. The normalized spacial score (nSPS) is 21.8. The Morgan fingerprint density at radius 1 is 1.65 bits per heavy atom. The first-order chi connectivity index (χ1) is 8.16. The van der Waals surface area contributed by atoms with E-state index in [0.717, 1.165) is 31.7 Å². The summed E-state index contributed by atoms with van der Waals surface area (Å²) in [7, 11) is 0. The van der Waals surface area contributed by atoms with Gasteiger partial charge in [-0.05, 0) is 23.9 Å². The first-order valence-corrected chi connectivity index (χ1v) is 6.78. The molecule has 0 aliphatic carbocycles. The smallest absolute Gasteiger partial charge is 0.237 e. The van der Waals surface area contributed by atoms with E-state index in [1.807, 2.05) is 5.38 Å². The number of hydrogen-bond donors (Lipinski definition) is 1. The molecule has 1 aliphatic rings. The Labute approximate surface area is 105 Å². The third kappa shape index (κ3) is 3.23. The van der Waals surface area contributed by atoms with Crippen LogP contribution in [-0.2, 0) is 11.3 Å². The van der Waals surface area contributed by atoms with Gasteiger partial charge in [0.05, 0.1) is 11.7 Å². The van der Waals surface area contributed by atoms with E-state index in [-0.39, 0.29) is 11.9 Å². The van der Waals surface area contributed by atoms with Gasteiger partial charge in [-0.2, -0.15) is 0 Å². The summed E-state index contributed by atoms with van der Waals surface area (Å²) in [6, 6.07) is -0.0227. The monoisotopic (exact) mass is 254 g/mol. The molecule has 6 heteroatoms. The molecule has 94 valence electrons. The topological polar surface area (TPSA) is 58.1 Å². The number of carbonyl (C=O) groups is 1. The van der Waals surface area contributed by atoms with Crippen molar-refractivity contribution in [2.24, 2.45) is 5.92 Å². The summed E-state index contributed by atoms with van der Waals surface area (Å²) in [5, 5.41) is 8.92. The number of carbonyl (C=O) groups excluding carboxylic acids is 1. The van der Waals surface area contributed by atoms with Crippen LogP contribution >= 0.6 is 11.5 Å². The van der Waals surface area contributed by atoms with Crippen molar-refractivity contribution in [3.05, 3.63) is 11.1 Å². The summed E-state index contributed by atoms with van der Waals surface area (Å²) in [6.07, 6.45) is 0.892. The Kier molecular flexibility index (Phi) is 4.06. The highest BCUT2D eigenvalue weighted by Gasteiger charge is 2.30. The molecular weight excluding hydrogens is 236 g/mol. The Morgan fingerprint density at radius 2 is 2.47 bits per heavy atom. The number of amides is 1. The predicted molar refractivity (Wildman–Crippen MR) is 66.6 cm³/mol. The van der Waals surface area contributed by atoms with Gasteiger partial charge in [0.25, 0.3) is 0 Å². The summed E-state index contributed by atoms with van der Waals surface area (Å²) in [6.45, 7) is 6.63. The summed E-state index contributed by atoms with van der Waals surface area (Å²) in [5.41, 5.74) is 0.957. The van der Waals surface area contributed by atoms with Crippen LogP contribution in [0.5, 0.6) is 0 Å². The highest BCUT2D eigenvalue weighted by Crippen LogP contribution is 2.16. The van der Waals surface area contributed by atoms with Gasteiger partial charge in [-0.1, -0.05) is 18.3 Å². The van der Waals surface area contributed by atoms with Gasteiger partial charge in [-0.25, -0.2) is 0 Å². The quantitative estimate of drug-likeness (QED) is 0.867. The standard InChI is InChI=1S/C11H18N4OS/c1-8(2)5-10-11(16)12-3-4-15(10)6-9-7-17-14-13-9/h7-8,10H,3-6H2,1-2H3,(H,12,16). The van der Waals surface area contributed by atoms with Gasteiger partial charge in [-0.15, -0.1) is 5.10 Å². The lowest BCUT2D eigenvalue weighted by Gasteiger charge is -2.35. The molecular formula is C11H18N4OS. The molecule has 1 N–H and O–H groups in total. The predicted octanol–water partition coefficient (Wildman–Crippen LogP) is 0.885. The minimum atomic E-state index is -0.0227. The van der Waals surface area contributed by atoms with E-state index in [1.54, 1.807) is 0 Å². The molecule has 0 spiro atoms. The lowest BCUT2D eigenvalue weighted by atomic mass is 10.00. The molecule has 1 atom stereocenters. The second-order valence-corrected chi connectivity index (χ2v) is 5.41. The zero-order valence-corrected chi connectivity index (χ0v) is 11.0. The first-order valence-electron chi connectivity index (χ1n) is 5.94. The van der Waals surface area contributed by atoms with Gasteiger partial charge in [0.15, 0.2) is 0 Å². The first kappa shape index (κ1) is 12.4. The van der Waals surface area contributed by atoms with Crippen molar-refractivity contribution < 1.29 is 4.79 Å². The average molecular weight is 254 g/mol. The SMILES string of the molecule is CC(C)CC1C(=O)NCCN1Cc1csnn1. The Hall–Kier alpha value is -1.01. The van der Waals surface area contributed by atoms with E-state index in [0.29, 0.717) is 5.92 Å². The average Bonchev–Trinajstić information content (AvgIpc) is 2.75. The van der Waals surface area contributed by atoms with Gasteiger partial charge >= 0.3 is 0 Å². The molecule has 1 saturated heterocycles. The highest BCUT2D eigenvalue weighted by atomic mass is 32.1. The van der Waals surface area contributed by atoms with E-state index in [2.05, 4.69) is 33.7 Å². The maximum absolute atomic E-state index is 11.9. The summed E-state index contributed by atoms with van der Waals surface area (Å²) < 4.78 is 3.86. The number of piperazine rings is 1. The molecule has 1 aliphatic heterocycles. The Balaban J connectivity index is 2.04. The van der Waals surface area contributed by atoms with Crippen LogP contribution in [0, 0.1) is 5.92 Å². The summed E-state index contributed by atoms with van der Waals surface area (Å²) in [5.74, 6) is 0.660. The fraction of sp³-hybridized carbons (Fsp3) is 0.727. The van der Waals surface area contributed by atoms with Gasteiger partial charge in [-0.3, -0.25) is 9.69 Å². The molecule has 5 nitrogen and oxygen atoms in total. The minimum absolute atomic E-state index is 0.0227. The molecule has 0 bridgehead atoms. The van der Waals surface area contributed by atoms with Crippen LogP contribution < -0.4 is 5.32 Å². The lowest BCUT2D eigenvalue weighted by Crippen LogP contribution is -2.55. The van der Waals surface area contributed by atoms with Crippen molar-refractivity contribution in [2.45, 2.75) is 32.9 Å². The number of hydrogen-bond acceptors (Lipinski definition) is 5. The molecule has 1 amide bonds. The van der Waals surface area contributed by atoms with Gasteiger partial charge in [0.2, 0.25) is 5.91 Å². The molecule has 2 heterocycles. The van der Waals surface area contributed by atoms with E-state index in [4.69, 9.17) is 0 Å².